The Morgan fingerprint density at radius 1 is 1.00 bits per heavy atom. The van der Waals surface area contributed by atoms with Gasteiger partial charge in [-0.05, 0) is 98.8 Å². The van der Waals surface area contributed by atoms with E-state index in [1.54, 1.807) is 7.05 Å². The molecule has 242 valence electrons. The van der Waals surface area contributed by atoms with Crippen molar-refractivity contribution in [3.05, 3.63) is 59.2 Å². The van der Waals surface area contributed by atoms with E-state index in [1.165, 1.54) is 56.9 Å². The number of benzene rings is 2. The Bertz CT molecular complexity index is 1200. The molecule has 0 aliphatic heterocycles. The highest BCUT2D eigenvalue weighted by molar-refractivity contribution is 6.02. The maximum Gasteiger partial charge on any atom is 0.326 e. The number of nitrogens with zero attached hydrogens (tertiary/aromatic N) is 1. The number of hydrogen-bond acceptors (Lipinski definition) is 5. The minimum atomic E-state index is -1.03. The number of rotatable bonds is 18. The average molecular weight is 606 g/mol. The van der Waals surface area contributed by atoms with Crippen molar-refractivity contribution in [1.82, 2.24) is 15.5 Å². The van der Waals surface area contributed by atoms with Crippen molar-refractivity contribution in [3.63, 3.8) is 0 Å². The number of carboxylic acids is 1. The summed E-state index contributed by atoms with van der Waals surface area (Å²) in [5, 5.41) is 15.5. The van der Waals surface area contributed by atoms with Gasteiger partial charge in [-0.2, -0.15) is 0 Å². The van der Waals surface area contributed by atoms with Gasteiger partial charge in [0.2, 0.25) is 0 Å². The molecule has 2 fully saturated rings. The van der Waals surface area contributed by atoms with E-state index >= 15 is 0 Å². The highest BCUT2D eigenvalue weighted by atomic mass is 16.5. The molecule has 2 aromatic rings. The molecule has 44 heavy (non-hydrogen) atoms. The van der Waals surface area contributed by atoms with Crippen LogP contribution in [0.4, 0.5) is 0 Å². The summed E-state index contributed by atoms with van der Waals surface area (Å²) in [7, 11) is 1.78. The molecule has 2 aromatic carbocycles. The SMILES string of the molecule is CNCCC(NC(=O)c1ccc(CN(C2CC2)C(COCCC(C)C)CC2CCCCC2)cc1-c1ccccc1C)C(=O)O. The van der Waals surface area contributed by atoms with Gasteiger partial charge in [-0.15, -0.1) is 0 Å². The van der Waals surface area contributed by atoms with Crippen molar-refractivity contribution in [2.75, 3.05) is 26.8 Å². The third-order valence-corrected chi connectivity index (χ3v) is 9.38. The van der Waals surface area contributed by atoms with Gasteiger partial charge >= 0.3 is 5.97 Å². The molecule has 2 atom stereocenters. The van der Waals surface area contributed by atoms with Crippen LogP contribution in [-0.4, -0.2) is 66.8 Å². The Morgan fingerprint density at radius 3 is 2.41 bits per heavy atom. The molecule has 0 spiro atoms. The first-order valence-corrected chi connectivity index (χ1v) is 17.0. The highest BCUT2D eigenvalue weighted by Gasteiger charge is 2.35. The average Bonchev–Trinajstić information content (AvgIpc) is 3.85. The fourth-order valence-electron chi connectivity index (χ4n) is 6.59. The minimum absolute atomic E-state index is 0.313. The van der Waals surface area contributed by atoms with Gasteiger partial charge in [0.1, 0.15) is 6.04 Å². The van der Waals surface area contributed by atoms with Crippen LogP contribution in [-0.2, 0) is 16.1 Å². The van der Waals surface area contributed by atoms with E-state index in [4.69, 9.17) is 4.74 Å². The van der Waals surface area contributed by atoms with Crippen LogP contribution >= 0.6 is 0 Å². The van der Waals surface area contributed by atoms with E-state index in [0.717, 1.165) is 48.8 Å². The van der Waals surface area contributed by atoms with Gasteiger partial charge in [-0.3, -0.25) is 9.69 Å². The molecule has 0 radical (unpaired) electrons. The molecular weight excluding hydrogens is 550 g/mol. The minimum Gasteiger partial charge on any atom is -0.480 e. The monoisotopic (exact) mass is 605 g/mol. The van der Waals surface area contributed by atoms with Gasteiger partial charge in [-0.25, -0.2) is 4.79 Å². The molecule has 0 saturated heterocycles. The number of amides is 1. The lowest BCUT2D eigenvalue weighted by Gasteiger charge is -2.35. The molecule has 0 heterocycles. The number of hydrogen-bond donors (Lipinski definition) is 3. The van der Waals surface area contributed by atoms with Crippen molar-refractivity contribution >= 4 is 11.9 Å². The van der Waals surface area contributed by atoms with E-state index in [-0.39, 0.29) is 5.91 Å². The Hall–Kier alpha value is -2.74. The number of nitrogens with one attached hydrogen (secondary N) is 2. The topological polar surface area (TPSA) is 90.9 Å². The smallest absolute Gasteiger partial charge is 0.326 e. The summed E-state index contributed by atoms with van der Waals surface area (Å²) in [6.45, 7) is 9.45. The number of carbonyl (C=O) groups is 2. The molecule has 4 rings (SSSR count). The zero-order valence-corrected chi connectivity index (χ0v) is 27.4. The molecule has 7 heteroatoms. The van der Waals surface area contributed by atoms with Gasteiger partial charge in [-0.1, -0.05) is 76.3 Å². The molecule has 2 aliphatic carbocycles. The Balaban J connectivity index is 1.61. The van der Waals surface area contributed by atoms with Gasteiger partial charge in [0, 0.05) is 30.8 Å². The maximum atomic E-state index is 13.6. The number of carboxylic acid groups (broad SMARTS) is 1. The first-order chi connectivity index (χ1) is 21.3. The molecule has 2 aliphatic rings. The van der Waals surface area contributed by atoms with Gasteiger partial charge in [0.25, 0.3) is 5.91 Å². The summed E-state index contributed by atoms with van der Waals surface area (Å²) in [5.41, 5.74) is 4.61. The lowest BCUT2D eigenvalue weighted by Crippen LogP contribution is -2.42. The summed E-state index contributed by atoms with van der Waals surface area (Å²) < 4.78 is 6.34. The van der Waals surface area contributed by atoms with Crippen LogP contribution in [0.3, 0.4) is 0 Å². The van der Waals surface area contributed by atoms with E-state index in [9.17, 15) is 14.7 Å². The Kier molecular flexibility index (Phi) is 13.3. The second-order valence-electron chi connectivity index (χ2n) is 13.5. The number of aryl methyl sites for hydroxylation is 1. The fourth-order valence-corrected chi connectivity index (χ4v) is 6.59. The standard InChI is InChI=1S/C37H55N3O4/c1-26(2)19-21-44-25-31(22-28-11-6-5-7-12-28)40(30-15-16-30)24-29-14-17-33(34(23-29)32-13-9-8-10-27(32)3)36(41)39-35(37(42)43)18-20-38-4/h8-10,13-14,17,23,26,28,30-31,35,38H,5-7,11-12,15-16,18-22,24-25H2,1-4H3,(H,39,41)(H,42,43). The largest absolute Gasteiger partial charge is 0.480 e. The molecule has 0 aromatic heterocycles. The van der Waals surface area contributed by atoms with Crippen LogP contribution in [0.5, 0.6) is 0 Å². The van der Waals surface area contributed by atoms with E-state index in [0.29, 0.717) is 36.5 Å². The normalized spacial score (nSPS) is 17.1. The predicted molar refractivity (Wildman–Crippen MR) is 178 cm³/mol. The number of aliphatic carboxylic acids is 1. The summed E-state index contributed by atoms with van der Waals surface area (Å²) in [6.07, 6.45) is 11.7. The molecular formula is C37H55N3O4. The second-order valence-corrected chi connectivity index (χ2v) is 13.5. The van der Waals surface area contributed by atoms with Gasteiger partial charge in [0.05, 0.1) is 6.61 Å². The summed E-state index contributed by atoms with van der Waals surface area (Å²) in [6, 6.07) is 14.2. The van der Waals surface area contributed by atoms with Crippen molar-refractivity contribution in [1.29, 1.82) is 0 Å². The lowest BCUT2D eigenvalue weighted by molar-refractivity contribution is -0.139. The molecule has 0 bridgehead atoms. The van der Waals surface area contributed by atoms with Gasteiger partial charge < -0.3 is 20.5 Å². The van der Waals surface area contributed by atoms with Gasteiger partial charge in [0.15, 0.2) is 0 Å². The molecule has 2 unspecified atom stereocenters. The van der Waals surface area contributed by atoms with Crippen LogP contribution in [0.25, 0.3) is 11.1 Å². The summed E-state index contributed by atoms with van der Waals surface area (Å²) >= 11 is 0. The molecule has 3 N–H and O–H groups in total. The maximum absolute atomic E-state index is 13.6. The Morgan fingerprint density at radius 2 is 1.75 bits per heavy atom. The van der Waals surface area contributed by atoms with Crippen molar-refractivity contribution in [2.24, 2.45) is 11.8 Å². The van der Waals surface area contributed by atoms with Crippen LogP contribution in [0, 0.1) is 18.8 Å². The zero-order chi connectivity index (χ0) is 31.5. The fraction of sp³-hybridized carbons (Fsp3) is 0.622. The summed E-state index contributed by atoms with van der Waals surface area (Å²) in [5.74, 6) is 0.0202. The molecule has 1 amide bonds. The highest BCUT2D eigenvalue weighted by Crippen LogP contribution is 2.36. The second kappa shape index (κ2) is 17.1. The van der Waals surface area contributed by atoms with E-state index in [2.05, 4.69) is 54.5 Å². The van der Waals surface area contributed by atoms with Crippen LogP contribution in [0.15, 0.2) is 42.5 Å². The van der Waals surface area contributed by atoms with Crippen molar-refractivity contribution < 1.29 is 19.4 Å². The number of ether oxygens (including phenoxy) is 1. The third kappa shape index (κ3) is 10.1. The van der Waals surface area contributed by atoms with E-state index < -0.39 is 12.0 Å². The summed E-state index contributed by atoms with van der Waals surface area (Å²) in [4.78, 5) is 28.2. The zero-order valence-electron chi connectivity index (χ0n) is 27.4. The first-order valence-electron chi connectivity index (χ1n) is 17.0. The third-order valence-electron chi connectivity index (χ3n) is 9.38. The Labute approximate surface area is 265 Å². The van der Waals surface area contributed by atoms with Crippen LogP contribution < -0.4 is 10.6 Å². The number of carbonyl (C=O) groups excluding carboxylic acids is 1. The van der Waals surface area contributed by atoms with E-state index in [1.807, 2.05) is 24.3 Å². The van der Waals surface area contributed by atoms with Crippen molar-refractivity contribution in [3.8, 4) is 11.1 Å². The van der Waals surface area contributed by atoms with Crippen LogP contribution in [0.2, 0.25) is 0 Å². The van der Waals surface area contributed by atoms with Crippen LogP contribution in [0.1, 0.15) is 99.5 Å². The molecule has 2 saturated carbocycles. The lowest BCUT2D eigenvalue weighted by atomic mass is 9.84. The predicted octanol–water partition coefficient (Wildman–Crippen LogP) is 6.82. The first kappa shape index (κ1) is 34.1. The molecule has 7 nitrogen and oxygen atoms in total. The van der Waals surface area contributed by atoms with Crippen molar-refractivity contribution in [2.45, 2.75) is 110 Å². The quantitative estimate of drug-likeness (QED) is 0.162.